The van der Waals surface area contributed by atoms with Crippen molar-refractivity contribution in [1.82, 2.24) is 24.6 Å². The molecule has 1 aromatic heterocycles. The van der Waals surface area contributed by atoms with Gasteiger partial charge in [-0.3, -0.25) is 19.1 Å². The smallest absolute Gasteiger partial charge is 0.259 e. The number of ether oxygens (including phenoxy) is 2. The first kappa shape index (κ1) is 40.2. The predicted molar refractivity (Wildman–Crippen MR) is 207 cm³/mol. The number of halogens is 1. The van der Waals surface area contributed by atoms with Gasteiger partial charge in [0.25, 0.3) is 5.91 Å². The molecular weight excluding hydrogens is 772 g/mol. The molecule has 3 aliphatic rings. The highest BCUT2D eigenvalue weighted by atomic mass is 35.5. The van der Waals surface area contributed by atoms with E-state index in [2.05, 4.69) is 31.6 Å². The van der Waals surface area contributed by atoms with Crippen molar-refractivity contribution in [2.45, 2.75) is 80.3 Å². The third kappa shape index (κ3) is 8.25. The Hall–Kier alpha value is -4.45. The fourth-order valence-corrected chi connectivity index (χ4v) is 9.14. The van der Waals surface area contributed by atoms with Crippen LogP contribution in [-0.2, 0) is 34.4 Å². The summed E-state index contributed by atoms with van der Waals surface area (Å²) in [5, 5.41) is 6.97. The standard InChI is InChI=1S/C37H45ClN6O9S2/c1-7-21-18-37(21,35(47)43-55(50,51)25-12-13-25)42-32(45)29-17-24(53-33-28-15-22(38)11-14-27(28)30(52-6)19-40-33)20-44(29)34(46)31(36(2,3)4)41-23-9-8-10-26(16-23)54(48,49)39-5/h7-11,14-16,19,21,24-25,29,31,39,41H,1,12-13,17-18,20H2,2-6H3,(H,42,45)(H,43,47)/t21-,24-,29+,31?,37-/m1/s1. The number of amides is 3. The van der Waals surface area contributed by atoms with E-state index in [4.69, 9.17) is 21.1 Å². The Morgan fingerprint density at radius 2 is 1.82 bits per heavy atom. The van der Waals surface area contributed by atoms with Gasteiger partial charge in [0.15, 0.2) is 0 Å². The van der Waals surface area contributed by atoms with Gasteiger partial charge in [-0.2, -0.15) is 0 Å². The molecule has 2 aliphatic carbocycles. The predicted octanol–water partition coefficient (Wildman–Crippen LogP) is 3.35. The van der Waals surface area contributed by atoms with E-state index in [1.165, 1.54) is 43.5 Å². The number of anilines is 1. The number of benzene rings is 2. The molecule has 4 N–H and O–H groups in total. The van der Waals surface area contributed by atoms with Crippen molar-refractivity contribution in [3.8, 4) is 11.6 Å². The molecule has 1 unspecified atom stereocenters. The molecule has 1 saturated heterocycles. The Morgan fingerprint density at radius 3 is 2.44 bits per heavy atom. The van der Waals surface area contributed by atoms with Gasteiger partial charge in [-0.25, -0.2) is 26.5 Å². The van der Waals surface area contributed by atoms with Crippen molar-refractivity contribution in [1.29, 1.82) is 0 Å². The molecule has 15 nitrogen and oxygen atoms in total. The van der Waals surface area contributed by atoms with Gasteiger partial charge in [-0.1, -0.05) is 44.5 Å². The van der Waals surface area contributed by atoms with E-state index >= 15 is 0 Å². The zero-order valence-electron chi connectivity index (χ0n) is 31.1. The lowest BCUT2D eigenvalue weighted by atomic mass is 9.85. The Labute approximate surface area is 325 Å². The molecule has 3 aromatic rings. The lowest BCUT2D eigenvalue weighted by Gasteiger charge is -2.36. The summed E-state index contributed by atoms with van der Waals surface area (Å²) < 4.78 is 67.0. The number of rotatable bonds is 14. The van der Waals surface area contributed by atoms with Crippen LogP contribution in [0.25, 0.3) is 10.8 Å². The molecule has 2 aromatic carbocycles. The highest BCUT2D eigenvalue weighted by molar-refractivity contribution is 7.91. The van der Waals surface area contributed by atoms with Crippen LogP contribution in [0.15, 0.2) is 66.2 Å². The highest BCUT2D eigenvalue weighted by Gasteiger charge is 2.62. The minimum absolute atomic E-state index is 0.0141. The molecular formula is C37H45ClN6O9S2. The van der Waals surface area contributed by atoms with Crippen molar-refractivity contribution >= 4 is 65.8 Å². The van der Waals surface area contributed by atoms with E-state index in [9.17, 15) is 31.2 Å². The minimum Gasteiger partial charge on any atom is -0.494 e. The van der Waals surface area contributed by atoms with E-state index in [0.29, 0.717) is 40.1 Å². The van der Waals surface area contributed by atoms with E-state index in [1.807, 2.05) is 20.8 Å². The Bertz CT molecular complexity index is 2260. The summed E-state index contributed by atoms with van der Waals surface area (Å²) in [6.07, 6.45) is 3.19. The summed E-state index contributed by atoms with van der Waals surface area (Å²) in [6.45, 7) is 9.17. The monoisotopic (exact) mass is 816 g/mol. The first-order valence-corrected chi connectivity index (χ1v) is 21.1. The SMILES string of the molecule is C=C[C@@H]1C[C@]1(NC(=O)[C@@H]1C[C@@H](Oc2ncc(OC)c3ccc(Cl)cc23)CN1C(=O)C(Nc1cccc(S(=O)(=O)NC)c1)C(C)(C)C)C(=O)NS(=O)(=O)C1CC1. The topological polar surface area (TPSA) is 202 Å². The van der Waals surface area contributed by atoms with Gasteiger partial charge in [0.2, 0.25) is 37.7 Å². The third-order valence-electron chi connectivity index (χ3n) is 10.2. The highest BCUT2D eigenvalue weighted by Crippen LogP contribution is 2.46. The number of pyridine rings is 1. The van der Waals surface area contributed by atoms with Gasteiger partial charge in [-0.05, 0) is 68.1 Å². The summed E-state index contributed by atoms with van der Waals surface area (Å²) in [6, 6.07) is 8.98. The summed E-state index contributed by atoms with van der Waals surface area (Å²) in [7, 11) is -4.92. The second kappa shape index (κ2) is 14.9. The number of carbonyl (C=O) groups is 3. The minimum atomic E-state index is -3.93. The molecule has 296 valence electrons. The van der Waals surface area contributed by atoms with Crippen LogP contribution < -0.4 is 29.6 Å². The van der Waals surface area contributed by atoms with Crippen LogP contribution in [0.2, 0.25) is 5.02 Å². The quantitative estimate of drug-likeness (QED) is 0.174. The number of hydrogen-bond acceptors (Lipinski definition) is 11. The van der Waals surface area contributed by atoms with Crippen LogP contribution in [0.1, 0.15) is 46.5 Å². The van der Waals surface area contributed by atoms with Crippen LogP contribution in [0.3, 0.4) is 0 Å². The molecule has 0 spiro atoms. The van der Waals surface area contributed by atoms with Gasteiger partial charge < -0.3 is 25.0 Å². The number of nitrogens with zero attached hydrogens (tertiary/aromatic N) is 2. The van der Waals surface area contributed by atoms with Gasteiger partial charge in [0.1, 0.15) is 29.5 Å². The Balaban J connectivity index is 1.33. The molecule has 2 heterocycles. The number of hydrogen-bond donors (Lipinski definition) is 4. The maximum absolute atomic E-state index is 14.8. The normalized spacial score (nSPS) is 23.1. The molecule has 5 atom stereocenters. The molecule has 18 heteroatoms. The summed E-state index contributed by atoms with van der Waals surface area (Å²) in [5.41, 5.74) is -2.01. The molecule has 6 rings (SSSR count). The number of aromatic nitrogens is 1. The molecule has 0 radical (unpaired) electrons. The number of carbonyl (C=O) groups excluding carboxylic acids is 3. The maximum Gasteiger partial charge on any atom is 0.259 e. The molecule has 1 aliphatic heterocycles. The number of methoxy groups -OCH3 is 1. The lowest BCUT2D eigenvalue weighted by molar-refractivity contribution is -0.141. The maximum atomic E-state index is 14.8. The number of sulfonamides is 2. The largest absolute Gasteiger partial charge is 0.494 e. The molecule has 3 amide bonds. The third-order valence-corrected chi connectivity index (χ3v) is 13.7. The van der Waals surface area contributed by atoms with Crippen LogP contribution in [-0.4, -0.2) is 94.1 Å². The van der Waals surface area contributed by atoms with Crippen LogP contribution >= 0.6 is 11.6 Å². The molecule has 0 bridgehead atoms. The van der Waals surface area contributed by atoms with Crippen molar-refractivity contribution in [3.63, 3.8) is 0 Å². The first-order valence-electron chi connectivity index (χ1n) is 17.7. The van der Waals surface area contributed by atoms with Crippen molar-refractivity contribution in [3.05, 3.63) is 66.3 Å². The van der Waals surface area contributed by atoms with E-state index in [-0.39, 0.29) is 30.2 Å². The first-order chi connectivity index (χ1) is 25.8. The Morgan fingerprint density at radius 1 is 1.09 bits per heavy atom. The summed E-state index contributed by atoms with van der Waals surface area (Å²) in [5.74, 6) is -1.92. The van der Waals surface area contributed by atoms with Gasteiger partial charge >= 0.3 is 0 Å². The molecule has 55 heavy (non-hydrogen) atoms. The number of likely N-dealkylation sites (tertiary alicyclic amines) is 1. The van der Waals surface area contributed by atoms with Gasteiger partial charge in [-0.15, -0.1) is 6.58 Å². The zero-order valence-corrected chi connectivity index (χ0v) is 33.5. The van der Waals surface area contributed by atoms with Crippen molar-refractivity contribution in [2.75, 3.05) is 26.0 Å². The van der Waals surface area contributed by atoms with E-state index in [1.54, 1.807) is 30.3 Å². The van der Waals surface area contributed by atoms with E-state index in [0.717, 1.165) is 0 Å². The lowest BCUT2D eigenvalue weighted by Crippen LogP contribution is -2.58. The molecule has 3 fully saturated rings. The van der Waals surface area contributed by atoms with Gasteiger partial charge in [0.05, 0.1) is 30.0 Å². The average Bonchev–Trinajstić information content (AvgIpc) is 4.07. The fraction of sp³-hybridized carbons (Fsp3) is 0.459. The fourth-order valence-electron chi connectivity index (χ4n) is 6.83. The summed E-state index contributed by atoms with van der Waals surface area (Å²) in [4.78, 5) is 48.5. The van der Waals surface area contributed by atoms with E-state index < -0.39 is 78.1 Å². The second-order valence-corrected chi connectivity index (χ2v) is 19.4. The number of nitrogens with one attached hydrogen (secondary N) is 4. The van der Waals surface area contributed by atoms with Gasteiger partial charge in [0, 0.05) is 33.8 Å². The Kier molecular flexibility index (Phi) is 10.9. The zero-order chi connectivity index (χ0) is 40.1. The average molecular weight is 817 g/mol. The summed E-state index contributed by atoms with van der Waals surface area (Å²) >= 11 is 6.35. The van der Waals surface area contributed by atoms with Crippen molar-refractivity contribution in [2.24, 2.45) is 11.3 Å². The second-order valence-electron chi connectivity index (χ2n) is 15.2. The van der Waals surface area contributed by atoms with Crippen molar-refractivity contribution < 1.29 is 40.7 Å². The van der Waals surface area contributed by atoms with Crippen LogP contribution in [0, 0.1) is 11.3 Å². The van der Waals surface area contributed by atoms with Crippen LogP contribution in [0.5, 0.6) is 11.6 Å². The van der Waals surface area contributed by atoms with Crippen LogP contribution in [0.4, 0.5) is 5.69 Å². The number of fused-ring (bicyclic) bond motifs is 1. The molecule has 2 saturated carbocycles.